The second-order valence-electron chi connectivity index (χ2n) is 5.33. The molecule has 0 bridgehead atoms. The van der Waals surface area contributed by atoms with Gasteiger partial charge in [-0.1, -0.05) is 15.9 Å². The molecule has 0 radical (unpaired) electrons. The van der Waals surface area contributed by atoms with Gasteiger partial charge in [-0.25, -0.2) is 0 Å². The number of fused-ring (bicyclic) bond motifs is 1. The standard InChI is InChI=1S/C14H14BrF2NO2/c1-7(8-2-3-8)18-6-9-4-10(15)5-11(20-14(16)17)12(9)13(18)19/h4-5,7-8,14H,2-3,6H2,1H3. The van der Waals surface area contributed by atoms with Crippen LogP contribution in [0.5, 0.6) is 5.75 Å². The van der Waals surface area contributed by atoms with E-state index in [4.69, 9.17) is 0 Å². The van der Waals surface area contributed by atoms with Crippen LogP contribution in [0.1, 0.15) is 35.7 Å². The topological polar surface area (TPSA) is 29.5 Å². The molecule has 20 heavy (non-hydrogen) atoms. The SMILES string of the molecule is CC(C1CC1)N1Cc2cc(Br)cc(OC(F)F)c2C1=O. The second-order valence-corrected chi connectivity index (χ2v) is 6.24. The van der Waals surface area contributed by atoms with Crippen LogP contribution >= 0.6 is 15.9 Å². The van der Waals surface area contributed by atoms with Crippen molar-refractivity contribution < 1.29 is 18.3 Å². The van der Waals surface area contributed by atoms with E-state index in [0.717, 1.165) is 18.4 Å². The third-order valence-electron chi connectivity index (χ3n) is 3.98. The summed E-state index contributed by atoms with van der Waals surface area (Å²) in [5.74, 6) is 0.290. The largest absolute Gasteiger partial charge is 0.434 e. The summed E-state index contributed by atoms with van der Waals surface area (Å²) < 4.78 is 30.1. The molecule has 2 aliphatic rings. The van der Waals surface area contributed by atoms with E-state index in [1.807, 2.05) is 6.92 Å². The summed E-state index contributed by atoms with van der Waals surface area (Å²) in [6.07, 6.45) is 2.26. The first-order valence-electron chi connectivity index (χ1n) is 6.55. The Balaban J connectivity index is 1.94. The van der Waals surface area contributed by atoms with Crippen LogP contribution < -0.4 is 4.74 Å². The zero-order chi connectivity index (χ0) is 14.4. The van der Waals surface area contributed by atoms with Crippen molar-refractivity contribution in [3.63, 3.8) is 0 Å². The highest BCUT2D eigenvalue weighted by Gasteiger charge is 2.40. The Morgan fingerprint density at radius 3 is 2.70 bits per heavy atom. The summed E-state index contributed by atoms with van der Waals surface area (Å²) in [7, 11) is 0. The van der Waals surface area contributed by atoms with Crippen molar-refractivity contribution in [3.8, 4) is 5.75 Å². The minimum Gasteiger partial charge on any atom is -0.434 e. The molecule has 0 N–H and O–H groups in total. The van der Waals surface area contributed by atoms with E-state index in [2.05, 4.69) is 20.7 Å². The van der Waals surface area contributed by atoms with Crippen molar-refractivity contribution in [1.29, 1.82) is 0 Å². The summed E-state index contributed by atoms with van der Waals surface area (Å²) in [5, 5.41) is 0. The minimum absolute atomic E-state index is 0.0418. The van der Waals surface area contributed by atoms with Crippen LogP contribution in [-0.4, -0.2) is 23.5 Å². The van der Waals surface area contributed by atoms with Crippen molar-refractivity contribution in [3.05, 3.63) is 27.7 Å². The zero-order valence-corrected chi connectivity index (χ0v) is 12.5. The number of hydrogen-bond acceptors (Lipinski definition) is 2. The first kappa shape index (κ1) is 13.8. The first-order chi connectivity index (χ1) is 9.47. The first-order valence-corrected chi connectivity index (χ1v) is 7.35. The average molecular weight is 346 g/mol. The van der Waals surface area contributed by atoms with Gasteiger partial charge in [0.05, 0.1) is 5.56 Å². The van der Waals surface area contributed by atoms with Crippen LogP contribution in [0.2, 0.25) is 0 Å². The number of carbonyl (C=O) groups excluding carboxylic acids is 1. The fraction of sp³-hybridized carbons (Fsp3) is 0.500. The van der Waals surface area contributed by atoms with Gasteiger partial charge in [-0.2, -0.15) is 8.78 Å². The number of halogens is 3. The van der Waals surface area contributed by atoms with Gasteiger partial charge in [0.1, 0.15) is 5.75 Å². The number of nitrogens with zero attached hydrogens (tertiary/aromatic N) is 1. The molecule has 1 aliphatic carbocycles. The molecule has 1 aromatic carbocycles. The molecule has 1 atom stereocenters. The van der Waals surface area contributed by atoms with Crippen molar-refractivity contribution >= 4 is 21.8 Å². The normalized spacial score (nSPS) is 19.4. The molecular weight excluding hydrogens is 332 g/mol. The molecule has 1 aromatic rings. The van der Waals surface area contributed by atoms with E-state index in [-0.39, 0.29) is 23.3 Å². The summed E-state index contributed by atoms with van der Waals surface area (Å²) in [6, 6.07) is 3.37. The Bertz CT molecular complexity index is 560. The monoisotopic (exact) mass is 345 g/mol. The lowest BCUT2D eigenvalue weighted by Crippen LogP contribution is -2.34. The van der Waals surface area contributed by atoms with Gasteiger partial charge in [-0.3, -0.25) is 4.79 Å². The number of carbonyl (C=O) groups is 1. The van der Waals surface area contributed by atoms with Crippen LogP contribution in [-0.2, 0) is 6.54 Å². The molecule has 1 heterocycles. The number of alkyl halides is 2. The maximum atomic E-state index is 12.5. The summed E-state index contributed by atoms with van der Waals surface area (Å²) in [6.45, 7) is -0.453. The molecule has 1 aliphatic heterocycles. The number of hydrogen-bond donors (Lipinski definition) is 0. The molecule has 6 heteroatoms. The fourth-order valence-electron chi connectivity index (χ4n) is 2.75. The maximum absolute atomic E-state index is 12.5. The highest BCUT2D eigenvalue weighted by Crippen LogP contribution is 2.41. The van der Waals surface area contributed by atoms with E-state index in [9.17, 15) is 13.6 Å². The van der Waals surface area contributed by atoms with Gasteiger partial charge < -0.3 is 9.64 Å². The predicted molar refractivity (Wildman–Crippen MR) is 72.8 cm³/mol. The van der Waals surface area contributed by atoms with Crippen molar-refractivity contribution in [2.45, 2.75) is 39.0 Å². The van der Waals surface area contributed by atoms with Gasteiger partial charge in [0, 0.05) is 17.1 Å². The Morgan fingerprint density at radius 1 is 1.40 bits per heavy atom. The summed E-state index contributed by atoms with van der Waals surface area (Å²) >= 11 is 3.27. The van der Waals surface area contributed by atoms with Gasteiger partial charge in [-0.15, -0.1) is 0 Å². The summed E-state index contributed by atoms with van der Waals surface area (Å²) in [5.41, 5.74) is 1.02. The van der Waals surface area contributed by atoms with Gasteiger partial charge in [0.2, 0.25) is 0 Å². The average Bonchev–Trinajstić information content (AvgIpc) is 3.13. The highest BCUT2D eigenvalue weighted by molar-refractivity contribution is 9.10. The van der Waals surface area contributed by atoms with Crippen molar-refractivity contribution in [2.24, 2.45) is 5.92 Å². The van der Waals surface area contributed by atoms with Crippen LogP contribution in [0.25, 0.3) is 0 Å². The minimum atomic E-state index is -2.93. The third kappa shape index (κ3) is 2.41. The van der Waals surface area contributed by atoms with Crippen LogP contribution in [0, 0.1) is 5.92 Å². The quantitative estimate of drug-likeness (QED) is 0.830. The van der Waals surface area contributed by atoms with Gasteiger partial charge in [0.25, 0.3) is 5.91 Å². The van der Waals surface area contributed by atoms with Gasteiger partial charge >= 0.3 is 6.61 Å². The number of amides is 1. The second kappa shape index (κ2) is 4.98. The van der Waals surface area contributed by atoms with E-state index < -0.39 is 6.61 Å². The highest BCUT2D eigenvalue weighted by atomic mass is 79.9. The van der Waals surface area contributed by atoms with Crippen molar-refractivity contribution in [1.82, 2.24) is 4.90 Å². The van der Waals surface area contributed by atoms with E-state index in [0.29, 0.717) is 16.9 Å². The van der Waals surface area contributed by atoms with E-state index in [1.165, 1.54) is 6.07 Å². The Kier molecular flexibility index (Phi) is 3.44. The number of rotatable bonds is 4. The molecule has 0 spiro atoms. The third-order valence-corrected chi connectivity index (χ3v) is 4.43. The Hall–Kier alpha value is -1.17. The number of benzene rings is 1. The smallest absolute Gasteiger partial charge is 0.387 e. The lowest BCUT2D eigenvalue weighted by atomic mass is 10.1. The lowest BCUT2D eigenvalue weighted by molar-refractivity contribution is -0.0502. The molecular formula is C14H14BrF2NO2. The lowest BCUT2D eigenvalue weighted by Gasteiger charge is -2.24. The van der Waals surface area contributed by atoms with E-state index >= 15 is 0 Å². The zero-order valence-electron chi connectivity index (χ0n) is 10.9. The molecule has 108 valence electrons. The molecule has 3 nitrogen and oxygen atoms in total. The summed E-state index contributed by atoms with van der Waals surface area (Å²) in [4.78, 5) is 14.2. The van der Waals surface area contributed by atoms with Gasteiger partial charge in [0.15, 0.2) is 0 Å². The fourth-order valence-corrected chi connectivity index (χ4v) is 3.24. The molecule has 1 saturated carbocycles. The number of ether oxygens (including phenoxy) is 1. The van der Waals surface area contributed by atoms with E-state index in [1.54, 1.807) is 11.0 Å². The molecule has 1 fully saturated rings. The molecule has 1 unspecified atom stereocenters. The maximum Gasteiger partial charge on any atom is 0.387 e. The Labute approximate surface area is 124 Å². The molecule has 0 aromatic heterocycles. The Morgan fingerprint density at radius 2 is 2.10 bits per heavy atom. The van der Waals surface area contributed by atoms with Crippen LogP contribution in [0.4, 0.5) is 8.78 Å². The van der Waals surface area contributed by atoms with Gasteiger partial charge in [-0.05, 0) is 43.4 Å². The molecule has 3 rings (SSSR count). The predicted octanol–water partition coefficient (Wildman–Crippen LogP) is 3.80. The van der Waals surface area contributed by atoms with Crippen LogP contribution in [0.15, 0.2) is 16.6 Å². The van der Waals surface area contributed by atoms with Crippen molar-refractivity contribution in [2.75, 3.05) is 0 Å². The molecule has 1 amide bonds. The van der Waals surface area contributed by atoms with Crippen LogP contribution in [0.3, 0.4) is 0 Å². The molecule has 0 saturated heterocycles.